The highest BCUT2D eigenvalue weighted by Gasteiger charge is 2.20. The Morgan fingerprint density at radius 1 is 0.767 bits per heavy atom. The number of rotatable bonds is 3. The molecular formula is C23H21FN6. The first-order valence-electron chi connectivity index (χ1n) is 9.89. The van der Waals surface area contributed by atoms with E-state index in [2.05, 4.69) is 30.8 Å². The van der Waals surface area contributed by atoms with Crippen molar-refractivity contribution in [3.8, 4) is 11.1 Å². The van der Waals surface area contributed by atoms with Crippen LogP contribution in [0.4, 0.5) is 21.7 Å². The Hall–Kier alpha value is -3.74. The average Bonchev–Trinajstić information content (AvgIpc) is 2.79. The minimum absolute atomic E-state index is 0.211. The first kappa shape index (κ1) is 18.3. The first-order valence-corrected chi connectivity index (χ1v) is 9.89. The normalized spacial score (nSPS) is 14.3. The molecule has 1 aliphatic rings. The summed E-state index contributed by atoms with van der Waals surface area (Å²) >= 11 is 0. The van der Waals surface area contributed by atoms with Crippen LogP contribution in [-0.4, -0.2) is 41.1 Å². The van der Waals surface area contributed by atoms with E-state index in [0.717, 1.165) is 59.7 Å². The number of hydrogen-bond donors (Lipinski definition) is 1. The average molecular weight is 400 g/mol. The largest absolute Gasteiger partial charge is 0.384 e. The molecule has 2 aromatic carbocycles. The van der Waals surface area contributed by atoms with Crippen LogP contribution in [0.15, 0.2) is 67.1 Å². The second-order valence-corrected chi connectivity index (χ2v) is 7.35. The number of halogens is 1. The van der Waals surface area contributed by atoms with Gasteiger partial charge in [-0.25, -0.2) is 19.3 Å². The van der Waals surface area contributed by atoms with Crippen LogP contribution in [-0.2, 0) is 0 Å². The van der Waals surface area contributed by atoms with Crippen molar-refractivity contribution in [3.05, 3.63) is 72.9 Å². The molecule has 5 rings (SSSR count). The molecule has 150 valence electrons. The summed E-state index contributed by atoms with van der Waals surface area (Å²) in [7, 11) is 0. The number of nitrogens with zero attached hydrogens (tertiary/aromatic N) is 5. The maximum absolute atomic E-state index is 13.2. The summed E-state index contributed by atoms with van der Waals surface area (Å²) in [6.45, 7) is 3.35. The zero-order valence-electron chi connectivity index (χ0n) is 16.4. The SMILES string of the molecule is Nc1cc(-c2ccc3ncnc(N4CCN(c5ccc(F)cc5)CC4)c3c2)ccn1. The summed E-state index contributed by atoms with van der Waals surface area (Å²) in [6.07, 6.45) is 3.33. The van der Waals surface area contributed by atoms with Crippen LogP contribution in [0, 0.1) is 5.82 Å². The fourth-order valence-electron chi connectivity index (χ4n) is 3.93. The Morgan fingerprint density at radius 2 is 1.50 bits per heavy atom. The molecule has 2 N–H and O–H groups in total. The molecule has 0 amide bonds. The van der Waals surface area contributed by atoms with E-state index in [1.54, 1.807) is 12.5 Å². The Morgan fingerprint density at radius 3 is 2.27 bits per heavy atom. The van der Waals surface area contributed by atoms with Crippen molar-refractivity contribution in [1.82, 2.24) is 15.0 Å². The van der Waals surface area contributed by atoms with E-state index in [-0.39, 0.29) is 5.82 Å². The highest BCUT2D eigenvalue weighted by atomic mass is 19.1. The van der Waals surface area contributed by atoms with Crippen LogP contribution in [0.2, 0.25) is 0 Å². The number of benzene rings is 2. The van der Waals surface area contributed by atoms with Crippen molar-refractivity contribution in [3.63, 3.8) is 0 Å². The van der Waals surface area contributed by atoms with Crippen LogP contribution >= 0.6 is 0 Å². The van der Waals surface area contributed by atoms with E-state index in [9.17, 15) is 4.39 Å². The second-order valence-electron chi connectivity index (χ2n) is 7.35. The number of anilines is 3. The minimum Gasteiger partial charge on any atom is -0.384 e. The van der Waals surface area contributed by atoms with Crippen molar-refractivity contribution in [2.75, 3.05) is 41.7 Å². The number of fused-ring (bicyclic) bond motifs is 1. The van der Waals surface area contributed by atoms with Crippen LogP contribution in [0.5, 0.6) is 0 Å². The quantitative estimate of drug-likeness (QED) is 0.565. The number of hydrogen-bond acceptors (Lipinski definition) is 6. The zero-order valence-corrected chi connectivity index (χ0v) is 16.4. The summed E-state index contributed by atoms with van der Waals surface area (Å²) in [5.41, 5.74) is 9.87. The van der Waals surface area contributed by atoms with E-state index >= 15 is 0 Å². The predicted molar refractivity (Wildman–Crippen MR) is 118 cm³/mol. The van der Waals surface area contributed by atoms with Gasteiger partial charge in [0.15, 0.2) is 0 Å². The third kappa shape index (κ3) is 3.50. The molecule has 6 nitrogen and oxygen atoms in total. The van der Waals surface area contributed by atoms with Crippen LogP contribution < -0.4 is 15.5 Å². The zero-order chi connectivity index (χ0) is 20.5. The van der Waals surface area contributed by atoms with Crippen molar-refractivity contribution >= 4 is 28.2 Å². The molecule has 0 radical (unpaired) electrons. The number of piperazine rings is 1. The van der Waals surface area contributed by atoms with Gasteiger partial charge >= 0.3 is 0 Å². The Bertz CT molecular complexity index is 1190. The maximum Gasteiger partial charge on any atom is 0.140 e. The molecule has 0 saturated carbocycles. The summed E-state index contributed by atoms with van der Waals surface area (Å²) < 4.78 is 13.2. The van der Waals surface area contributed by atoms with Crippen molar-refractivity contribution < 1.29 is 4.39 Å². The highest BCUT2D eigenvalue weighted by Crippen LogP contribution is 2.30. The molecule has 7 heteroatoms. The van der Waals surface area contributed by atoms with E-state index < -0.39 is 0 Å². The van der Waals surface area contributed by atoms with E-state index in [1.807, 2.05) is 36.4 Å². The van der Waals surface area contributed by atoms with E-state index in [4.69, 9.17) is 5.73 Å². The number of nitrogen functional groups attached to an aromatic ring is 1. The van der Waals surface area contributed by atoms with Gasteiger partial charge in [0.25, 0.3) is 0 Å². The van der Waals surface area contributed by atoms with Crippen LogP contribution in [0.1, 0.15) is 0 Å². The van der Waals surface area contributed by atoms with Gasteiger partial charge in [0.1, 0.15) is 23.8 Å². The van der Waals surface area contributed by atoms with Crippen molar-refractivity contribution in [2.24, 2.45) is 0 Å². The molecular weight excluding hydrogens is 379 g/mol. The molecule has 0 spiro atoms. The third-order valence-electron chi connectivity index (χ3n) is 5.50. The molecule has 1 fully saturated rings. The molecule has 0 aliphatic carbocycles. The van der Waals surface area contributed by atoms with E-state index in [0.29, 0.717) is 5.82 Å². The fourth-order valence-corrected chi connectivity index (χ4v) is 3.93. The number of nitrogens with two attached hydrogens (primary N) is 1. The standard InChI is InChI=1S/C23H21FN6/c24-18-2-4-19(5-3-18)29-9-11-30(12-10-29)23-20-13-16(1-6-21(20)27-15-28-23)17-7-8-26-22(25)14-17/h1-8,13-15H,9-12H2,(H2,25,26). The molecule has 0 bridgehead atoms. The molecule has 1 saturated heterocycles. The van der Waals surface area contributed by atoms with Gasteiger partial charge in [-0.05, 0) is 59.7 Å². The second kappa shape index (κ2) is 7.59. The molecule has 1 aliphatic heterocycles. The number of pyridine rings is 1. The molecule has 3 heterocycles. The summed E-state index contributed by atoms with van der Waals surface area (Å²) in [6, 6.07) is 16.7. The fraction of sp³-hybridized carbons (Fsp3) is 0.174. The number of aromatic nitrogens is 3. The van der Waals surface area contributed by atoms with Gasteiger partial charge in [0, 0.05) is 43.4 Å². The lowest BCUT2D eigenvalue weighted by atomic mass is 10.0. The monoisotopic (exact) mass is 400 g/mol. The lowest BCUT2D eigenvalue weighted by Gasteiger charge is -2.37. The predicted octanol–water partition coefficient (Wildman–Crippen LogP) is 3.74. The summed E-state index contributed by atoms with van der Waals surface area (Å²) in [5, 5.41) is 1.01. The van der Waals surface area contributed by atoms with Gasteiger partial charge in [-0.3, -0.25) is 0 Å². The van der Waals surface area contributed by atoms with Gasteiger partial charge in [0.2, 0.25) is 0 Å². The highest BCUT2D eigenvalue weighted by molar-refractivity contribution is 5.93. The third-order valence-corrected chi connectivity index (χ3v) is 5.50. The molecule has 0 atom stereocenters. The van der Waals surface area contributed by atoms with Crippen molar-refractivity contribution in [2.45, 2.75) is 0 Å². The Balaban J connectivity index is 1.43. The molecule has 4 aromatic rings. The lowest BCUT2D eigenvalue weighted by Crippen LogP contribution is -2.46. The van der Waals surface area contributed by atoms with Crippen molar-refractivity contribution in [1.29, 1.82) is 0 Å². The minimum atomic E-state index is -0.211. The molecule has 30 heavy (non-hydrogen) atoms. The van der Waals surface area contributed by atoms with Crippen LogP contribution in [0.3, 0.4) is 0 Å². The van der Waals surface area contributed by atoms with Gasteiger partial charge in [-0.15, -0.1) is 0 Å². The van der Waals surface area contributed by atoms with Gasteiger partial charge in [-0.2, -0.15) is 0 Å². The van der Waals surface area contributed by atoms with Gasteiger partial charge in [-0.1, -0.05) is 6.07 Å². The molecule has 0 unspecified atom stereocenters. The Kier molecular flexibility index (Phi) is 4.63. The smallest absolute Gasteiger partial charge is 0.140 e. The Labute approximate surface area is 173 Å². The lowest BCUT2D eigenvalue weighted by molar-refractivity contribution is 0.624. The summed E-state index contributed by atoms with van der Waals surface area (Å²) in [5.74, 6) is 1.22. The first-order chi connectivity index (χ1) is 14.7. The molecule has 2 aromatic heterocycles. The maximum atomic E-state index is 13.2. The summed E-state index contributed by atoms with van der Waals surface area (Å²) in [4.78, 5) is 17.7. The van der Waals surface area contributed by atoms with Crippen LogP contribution in [0.25, 0.3) is 22.0 Å². The van der Waals surface area contributed by atoms with Gasteiger partial charge < -0.3 is 15.5 Å². The van der Waals surface area contributed by atoms with E-state index in [1.165, 1.54) is 12.1 Å². The topological polar surface area (TPSA) is 71.2 Å². The van der Waals surface area contributed by atoms with Gasteiger partial charge in [0.05, 0.1) is 5.52 Å².